The Balaban J connectivity index is 2.77. The Morgan fingerprint density at radius 3 is 2.39 bits per heavy atom. The molecule has 1 aromatic rings. The zero-order valence-corrected chi connectivity index (χ0v) is 12.1. The lowest BCUT2D eigenvalue weighted by molar-refractivity contribution is 0.198. The van der Waals surface area contributed by atoms with E-state index in [9.17, 15) is 5.11 Å². The second-order valence-corrected chi connectivity index (χ2v) is 5.13. The first-order chi connectivity index (χ1) is 8.51. The third-order valence-electron chi connectivity index (χ3n) is 3.69. The summed E-state index contributed by atoms with van der Waals surface area (Å²) < 4.78 is 5.30. The predicted octanol–water partition coefficient (Wildman–Crippen LogP) is 2.99. The van der Waals surface area contributed by atoms with Gasteiger partial charge in [-0.15, -0.1) is 0 Å². The minimum Gasteiger partial charge on any atom is -0.496 e. The first-order valence-corrected chi connectivity index (χ1v) is 6.50. The molecule has 0 fully saturated rings. The van der Waals surface area contributed by atoms with Crippen molar-refractivity contribution in [1.29, 1.82) is 0 Å². The summed E-state index contributed by atoms with van der Waals surface area (Å²) in [5.41, 5.74) is 3.48. The van der Waals surface area contributed by atoms with Gasteiger partial charge >= 0.3 is 0 Å². The molecular weight excluding hydrogens is 226 g/mol. The Hall–Kier alpha value is -1.22. The van der Waals surface area contributed by atoms with Gasteiger partial charge in [-0.3, -0.25) is 0 Å². The van der Waals surface area contributed by atoms with Gasteiger partial charge in [0.25, 0.3) is 0 Å². The molecule has 0 saturated carbocycles. The molecule has 0 aromatic heterocycles. The Morgan fingerprint density at radius 1 is 1.22 bits per heavy atom. The molecule has 3 nitrogen and oxygen atoms in total. The third kappa shape index (κ3) is 3.39. The standard InChI is InChI=1S/C15H25NO2/c1-10(2)13(9-17)8-16-14-6-7-15(18-5)12(4)11(14)3/h6-7,10,13,16-17H,8-9H2,1-5H3. The highest BCUT2D eigenvalue weighted by molar-refractivity contribution is 5.58. The molecule has 1 atom stereocenters. The number of aliphatic hydroxyl groups is 1. The van der Waals surface area contributed by atoms with Crippen molar-refractivity contribution in [2.45, 2.75) is 27.7 Å². The Bertz CT molecular complexity index is 388. The molecule has 0 aliphatic carbocycles. The number of hydrogen-bond donors (Lipinski definition) is 2. The number of anilines is 1. The monoisotopic (exact) mass is 251 g/mol. The highest BCUT2D eigenvalue weighted by atomic mass is 16.5. The number of ether oxygens (including phenoxy) is 1. The van der Waals surface area contributed by atoms with E-state index in [1.807, 2.05) is 12.1 Å². The van der Waals surface area contributed by atoms with Crippen molar-refractivity contribution in [3.8, 4) is 5.75 Å². The van der Waals surface area contributed by atoms with Crippen LogP contribution < -0.4 is 10.1 Å². The van der Waals surface area contributed by atoms with Crippen LogP contribution in [0.15, 0.2) is 12.1 Å². The highest BCUT2D eigenvalue weighted by Gasteiger charge is 2.13. The van der Waals surface area contributed by atoms with Crippen molar-refractivity contribution in [3.63, 3.8) is 0 Å². The SMILES string of the molecule is COc1ccc(NCC(CO)C(C)C)c(C)c1C. The van der Waals surface area contributed by atoms with E-state index in [2.05, 4.69) is 33.0 Å². The summed E-state index contributed by atoms with van der Waals surface area (Å²) >= 11 is 0. The van der Waals surface area contributed by atoms with E-state index < -0.39 is 0 Å². The van der Waals surface area contributed by atoms with Crippen LogP contribution in [0.4, 0.5) is 5.69 Å². The summed E-state index contributed by atoms with van der Waals surface area (Å²) in [6, 6.07) is 4.02. The van der Waals surface area contributed by atoms with E-state index >= 15 is 0 Å². The molecular formula is C15H25NO2. The van der Waals surface area contributed by atoms with Crippen LogP contribution in [0.1, 0.15) is 25.0 Å². The number of methoxy groups -OCH3 is 1. The van der Waals surface area contributed by atoms with Crippen LogP contribution in [0.3, 0.4) is 0 Å². The number of hydrogen-bond acceptors (Lipinski definition) is 3. The van der Waals surface area contributed by atoms with Crippen molar-refractivity contribution in [3.05, 3.63) is 23.3 Å². The molecule has 1 unspecified atom stereocenters. The quantitative estimate of drug-likeness (QED) is 0.816. The maximum Gasteiger partial charge on any atom is 0.122 e. The van der Waals surface area contributed by atoms with Crippen LogP contribution in [-0.4, -0.2) is 25.4 Å². The lowest BCUT2D eigenvalue weighted by Gasteiger charge is -2.21. The molecule has 0 heterocycles. The molecule has 0 saturated heterocycles. The van der Waals surface area contributed by atoms with Crippen molar-refractivity contribution in [1.82, 2.24) is 0 Å². The molecule has 0 radical (unpaired) electrons. The average molecular weight is 251 g/mol. The van der Waals surface area contributed by atoms with Crippen LogP contribution in [-0.2, 0) is 0 Å². The molecule has 3 heteroatoms. The Labute approximate surface area is 110 Å². The lowest BCUT2D eigenvalue weighted by atomic mass is 9.96. The fourth-order valence-electron chi connectivity index (χ4n) is 1.96. The molecule has 2 N–H and O–H groups in total. The van der Waals surface area contributed by atoms with Gasteiger partial charge in [0.15, 0.2) is 0 Å². The topological polar surface area (TPSA) is 41.5 Å². The first kappa shape index (κ1) is 14.8. The van der Waals surface area contributed by atoms with Crippen LogP contribution in [0.25, 0.3) is 0 Å². The fourth-order valence-corrected chi connectivity index (χ4v) is 1.96. The van der Waals surface area contributed by atoms with Crippen molar-refractivity contribution < 1.29 is 9.84 Å². The predicted molar refractivity (Wildman–Crippen MR) is 76.4 cm³/mol. The minimum atomic E-state index is 0.221. The zero-order valence-electron chi connectivity index (χ0n) is 12.1. The van der Waals surface area contributed by atoms with Gasteiger partial charge in [0.2, 0.25) is 0 Å². The molecule has 0 aliphatic heterocycles. The maximum absolute atomic E-state index is 9.32. The largest absolute Gasteiger partial charge is 0.496 e. The van der Waals surface area contributed by atoms with Gasteiger partial charge in [-0.05, 0) is 43.0 Å². The van der Waals surface area contributed by atoms with Gasteiger partial charge in [-0.25, -0.2) is 0 Å². The molecule has 0 amide bonds. The van der Waals surface area contributed by atoms with Gasteiger partial charge < -0.3 is 15.2 Å². The van der Waals surface area contributed by atoms with E-state index in [1.165, 1.54) is 5.56 Å². The number of nitrogens with one attached hydrogen (secondary N) is 1. The van der Waals surface area contributed by atoms with Crippen LogP contribution >= 0.6 is 0 Å². The molecule has 102 valence electrons. The summed E-state index contributed by atoms with van der Waals surface area (Å²) in [4.78, 5) is 0. The van der Waals surface area contributed by atoms with Crippen molar-refractivity contribution >= 4 is 5.69 Å². The van der Waals surface area contributed by atoms with E-state index in [4.69, 9.17) is 4.74 Å². The van der Waals surface area contributed by atoms with Crippen molar-refractivity contribution in [2.75, 3.05) is 25.6 Å². The second kappa shape index (κ2) is 6.64. The minimum absolute atomic E-state index is 0.221. The smallest absolute Gasteiger partial charge is 0.122 e. The summed E-state index contributed by atoms with van der Waals surface area (Å²) in [5, 5.41) is 12.7. The van der Waals surface area contributed by atoms with Gasteiger partial charge in [0.1, 0.15) is 5.75 Å². The Morgan fingerprint density at radius 2 is 1.89 bits per heavy atom. The van der Waals surface area contributed by atoms with Gasteiger partial charge in [0.05, 0.1) is 7.11 Å². The fraction of sp³-hybridized carbons (Fsp3) is 0.600. The van der Waals surface area contributed by atoms with Crippen LogP contribution in [0.5, 0.6) is 5.75 Å². The summed E-state index contributed by atoms with van der Waals surface area (Å²) in [5.74, 6) is 1.68. The van der Waals surface area contributed by atoms with E-state index in [-0.39, 0.29) is 12.5 Å². The highest BCUT2D eigenvalue weighted by Crippen LogP contribution is 2.27. The van der Waals surface area contributed by atoms with Gasteiger partial charge in [-0.1, -0.05) is 13.8 Å². The second-order valence-electron chi connectivity index (χ2n) is 5.13. The molecule has 1 aromatic carbocycles. The Kier molecular flexibility index (Phi) is 5.48. The number of rotatable bonds is 6. The molecule has 0 spiro atoms. The molecule has 0 bridgehead atoms. The summed E-state index contributed by atoms with van der Waals surface area (Å²) in [6.45, 7) is 9.43. The van der Waals surface area contributed by atoms with Crippen LogP contribution in [0.2, 0.25) is 0 Å². The number of benzene rings is 1. The number of aliphatic hydroxyl groups excluding tert-OH is 1. The van der Waals surface area contributed by atoms with E-state index in [0.717, 1.165) is 23.5 Å². The summed E-state index contributed by atoms with van der Waals surface area (Å²) in [6.07, 6.45) is 0. The molecule has 1 rings (SSSR count). The average Bonchev–Trinajstić information content (AvgIpc) is 2.34. The molecule has 18 heavy (non-hydrogen) atoms. The normalized spacial score (nSPS) is 12.6. The van der Waals surface area contributed by atoms with Gasteiger partial charge in [0, 0.05) is 24.8 Å². The van der Waals surface area contributed by atoms with E-state index in [1.54, 1.807) is 7.11 Å². The summed E-state index contributed by atoms with van der Waals surface area (Å²) in [7, 11) is 1.69. The van der Waals surface area contributed by atoms with Crippen LogP contribution in [0, 0.1) is 25.7 Å². The lowest BCUT2D eigenvalue weighted by Crippen LogP contribution is -2.23. The van der Waals surface area contributed by atoms with Gasteiger partial charge in [-0.2, -0.15) is 0 Å². The van der Waals surface area contributed by atoms with Crippen molar-refractivity contribution in [2.24, 2.45) is 11.8 Å². The zero-order chi connectivity index (χ0) is 13.7. The van der Waals surface area contributed by atoms with E-state index in [0.29, 0.717) is 5.92 Å². The molecule has 0 aliphatic rings. The first-order valence-electron chi connectivity index (χ1n) is 6.50. The maximum atomic E-state index is 9.32. The third-order valence-corrected chi connectivity index (χ3v) is 3.69.